The largest absolute Gasteiger partial charge is 0.381 e. The molecule has 6 nitrogen and oxygen atoms in total. The van der Waals surface area contributed by atoms with E-state index in [1.165, 1.54) is 24.9 Å². The minimum absolute atomic E-state index is 0.0227. The number of rotatable bonds is 4. The molecule has 0 aromatic heterocycles. The molecule has 6 heteroatoms. The van der Waals surface area contributed by atoms with Crippen molar-refractivity contribution in [2.24, 2.45) is 5.92 Å². The number of benzene rings is 1. The molecule has 30 heavy (non-hydrogen) atoms. The second-order valence-electron chi connectivity index (χ2n) is 9.72. The van der Waals surface area contributed by atoms with Crippen LogP contribution in [-0.2, 0) is 16.1 Å². The summed E-state index contributed by atoms with van der Waals surface area (Å²) >= 11 is 0. The molecular formula is C24H36N4O2. The number of amides is 1. The lowest BCUT2D eigenvalue weighted by Gasteiger charge is -2.51. The molecule has 164 valence electrons. The minimum atomic E-state index is -0.106. The first-order valence-corrected chi connectivity index (χ1v) is 11.8. The van der Waals surface area contributed by atoms with E-state index in [2.05, 4.69) is 57.0 Å². The normalized spacial score (nSPS) is 28.9. The lowest BCUT2D eigenvalue weighted by molar-refractivity contribution is -0.135. The number of fused-ring (bicyclic) bond motifs is 2. The van der Waals surface area contributed by atoms with Crippen molar-refractivity contribution in [2.75, 3.05) is 59.5 Å². The van der Waals surface area contributed by atoms with Gasteiger partial charge < -0.3 is 19.4 Å². The van der Waals surface area contributed by atoms with E-state index in [0.717, 1.165) is 71.2 Å². The molecule has 0 radical (unpaired) electrons. The number of nitrogens with zero attached hydrogens (tertiary/aromatic N) is 4. The van der Waals surface area contributed by atoms with Crippen molar-refractivity contribution in [2.45, 2.75) is 43.9 Å². The molecule has 1 amide bonds. The van der Waals surface area contributed by atoms with E-state index < -0.39 is 0 Å². The number of hydrogen-bond acceptors (Lipinski definition) is 5. The first-order chi connectivity index (χ1) is 14.7. The van der Waals surface area contributed by atoms with Crippen molar-refractivity contribution < 1.29 is 9.53 Å². The second-order valence-corrected chi connectivity index (χ2v) is 9.72. The summed E-state index contributed by atoms with van der Waals surface area (Å²) < 4.78 is 5.54. The fraction of sp³-hybridized carbons (Fsp3) is 0.708. The molecule has 4 aliphatic rings. The number of carbonyl (C=O) groups is 1. The summed E-state index contributed by atoms with van der Waals surface area (Å²) in [7, 11) is 2.15. The van der Waals surface area contributed by atoms with E-state index in [9.17, 15) is 4.79 Å². The zero-order valence-corrected chi connectivity index (χ0v) is 18.3. The standard InChI is InChI=1S/C24H36N4O2/c1-25-13-14-27-22(19-25)23(29)28(18-20-5-3-2-4-6-20)24(27)9-11-26(12-10-24)17-21-7-15-30-16-8-21/h2-6,21-22H,7-19H2,1H3/t22-/m1/s1. The molecule has 1 spiro atoms. The number of carbonyl (C=O) groups excluding carboxylic acids is 1. The van der Waals surface area contributed by atoms with Crippen LogP contribution in [-0.4, -0.2) is 96.7 Å². The van der Waals surface area contributed by atoms with Crippen molar-refractivity contribution in [1.29, 1.82) is 0 Å². The number of hydrogen-bond donors (Lipinski definition) is 0. The Bertz CT molecular complexity index is 728. The zero-order valence-electron chi connectivity index (χ0n) is 18.3. The number of likely N-dealkylation sites (N-methyl/N-ethyl adjacent to an activating group) is 1. The molecule has 0 saturated carbocycles. The zero-order chi connectivity index (χ0) is 20.6. The Morgan fingerprint density at radius 2 is 1.77 bits per heavy atom. The molecule has 1 atom stereocenters. The van der Waals surface area contributed by atoms with Gasteiger partial charge in [-0.2, -0.15) is 0 Å². The van der Waals surface area contributed by atoms with Crippen LogP contribution in [0, 0.1) is 5.92 Å². The Balaban J connectivity index is 1.34. The molecule has 0 bridgehead atoms. The van der Waals surface area contributed by atoms with Gasteiger partial charge in [0.2, 0.25) is 5.91 Å². The average Bonchev–Trinajstić information content (AvgIpc) is 2.99. The third kappa shape index (κ3) is 3.79. The highest BCUT2D eigenvalue weighted by atomic mass is 16.5. The van der Waals surface area contributed by atoms with Crippen molar-refractivity contribution in [3.05, 3.63) is 35.9 Å². The van der Waals surface area contributed by atoms with Crippen molar-refractivity contribution in [3.8, 4) is 0 Å². The van der Waals surface area contributed by atoms with Gasteiger partial charge in [-0.15, -0.1) is 0 Å². The molecule has 1 aromatic carbocycles. The first kappa shape index (κ1) is 20.4. The van der Waals surface area contributed by atoms with Crippen LogP contribution in [0.15, 0.2) is 30.3 Å². The summed E-state index contributed by atoms with van der Waals surface area (Å²) in [6.07, 6.45) is 4.52. The van der Waals surface area contributed by atoms with Crippen LogP contribution in [0.5, 0.6) is 0 Å². The Hall–Kier alpha value is -1.47. The predicted molar refractivity (Wildman–Crippen MR) is 117 cm³/mol. The monoisotopic (exact) mass is 412 g/mol. The van der Waals surface area contributed by atoms with Crippen molar-refractivity contribution in [3.63, 3.8) is 0 Å². The fourth-order valence-electron chi connectivity index (χ4n) is 6.11. The number of likely N-dealkylation sites (tertiary alicyclic amines) is 1. The number of ether oxygens (including phenoxy) is 1. The summed E-state index contributed by atoms with van der Waals surface area (Å²) in [6, 6.07) is 10.6. The number of piperidine rings is 1. The van der Waals surface area contributed by atoms with E-state index in [4.69, 9.17) is 4.74 Å². The van der Waals surface area contributed by atoms with Crippen molar-refractivity contribution >= 4 is 5.91 Å². The Morgan fingerprint density at radius 3 is 2.50 bits per heavy atom. The van der Waals surface area contributed by atoms with Gasteiger partial charge in [0.1, 0.15) is 6.04 Å². The van der Waals surface area contributed by atoms with Gasteiger partial charge in [0.25, 0.3) is 0 Å². The first-order valence-electron chi connectivity index (χ1n) is 11.8. The van der Waals surface area contributed by atoms with Gasteiger partial charge in [0.05, 0.1) is 5.66 Å². The van der Waals surface area contributed by atoms with Crippen molar-refractivity contribution in [1.82, 2.24) is 19.6 Å². The van der Waals surface area contributed by atoms with Crippen LogP contribution in [0.25, 0.3) is 0 Å². The van der Waals surface area contributed by atoms with E-state index in [0.29, 0.717) is 5.91 Å². The lowest BCUT2D eigenvalue weighted by Crippen LogP contribution is -2.63. The van der Waals surface area contributed by atoms with Crippen LogP contribution < -0.4 is 0 Å². The van der Waals surface area contributed by atoms with E-state index in [1.54, 1.807) is 0 Å². The highest BCUT2D eigenvalue weighted by Crippen LogP contribution is 2.42. The Morgan fingerprint density at radius 1 is 1.03 bits per heavy atom. The van der Waals surface area contributed by atoms with Gasteiger partial charge in [0.15, 0.2) is 0 Å². The van der Waals surface area contributed by atoms with Crippen LogP contribution in [0.2, 0.25) is 0 Å². The van der Waals surface area contributed by atoms with E-state index >= 15 is 0 Å². The van der Waals surface area contributed by atoms with Gasteiger partial charge in [-0.05, 0) is 44.2 Å². The van der Waals surface area contributed by atoms with Gasteiger partial charge in [-0.1, -0.05) is 30.3 Å². The highest BCUT2D eigenvalue weighted by Gasteiger charge is 2.58. The predicted octanol–water partition coefficient (Wildman–Crippen LogP) is 1.86. The number of piperazine rings is 1. The fourth-order valence-corrected chi connectivity index (χ4v) is 6.11. The minimum Gasteiger partial charge on any atom is -0.381 e. The van der Waals surface area contributed by atoms with E-state index in [-0.39, 0.29) is 11.7 Å². The summed E-state index contributed by atoms with van der Waals surface area (Å²) in [6.45, 7) is 8.86. The summed E-state index contributed by atoms with van der Waals surface area (Å²) in [5.41, 5.74) is 1.13. The van der Waals surface area contributed by atoms with Gasteiger partial charge in [-0.3, -0.25) is 9.69 Å². The van der Waals surface area contributed by atoms with Gasteiger partial charge >= 0.3 is 0 Å². The van der Waals surface area contributed by atoms with Crippen LogP contribution in [0.1, 0.15) is 31.2 Å². The smallest absolute Gasteiger partial charge is 0.243 e. The molecule has 5 rings (SSSR count). The molecule has 1 aromatic rings. The summed E-state index contributed by atoms with van der Waals surface area (Å²) in [5, 5.41) is 0. The third-order valence-electron chi connectivity index (χ3n) is 7.87. The maximum Gasteiger partial charge on any atom is 0.243 e. The summed E-state index contributed by atoms with van der Waals surface area (Å²) in [5.74, 6) is 1.11. The Kier molecular flexibility index (Phi) is 5.84. The van der Waals surface area contributed by atoms with Crippen LogP contribution in [0.4, 0.5) is 0 Å². The molecule has 4 saturated heterocycles. The third-order valence-corrected chi connectivity index (χ3v) is 7.87. The topological polar surface area (TPSA) is 39.3 Å². The summed E-state index contributed by atoms with van der Waals surface area (Å²) in [4.78, 5) is 23.4. The maximum atomic E-state index is 13.6. The van der Waals surface area contributed by atoms with Gasteiger partial charge in [-0.25, -0.2) is 0 Å². The lowest BCUT2D eigenvalue weighted by atomic mass is 9.91. The van der Waals surface area contributed by atoms with Gasteiger partial charge in [0, 0.05) is 59.0 Å². The molecular weight excluding hydrogens is 376 g/mol. The molecule has 0 unspecified atom stereocenters. The highest BCUT2D eigenvalue weighted by molar-refractivity contribution is 5.85. The van der Waals surface area contributed by atoms with Crippen LogP contribution >= 0.6 is 0 Å². The Labute approximate surface area is 180 Å². The average molecular weight is 413 g/mol. The van der Waals surface area contributed by atoms with Crippen LogP contribution in [0.3, 0.4) is 0 Å². The second kappa shape index (κ2) is 8.58. The molecule has 0 aliphatic carbocycles. The SMILES string of the molecule is CN1CCN2[C@H](C1)C(=O)N(Cc1ccccc1)C21CCN(CC2CCOCC2)CC1. The molecule has 0 N–H and O–H groups in total. The quantitative estimate of drug-likeness (QED) is 0.755. The molecule has 4 aliphatic heterocycles. The molecule has 4 heterocycles. The molecule has 4 fully saturated rings. The van der Waals surface area contributed by atoms with E-state index in [1.807, 2.05) is 0 Å². The maximum absolute atomic E-state index is 13.6.